The molecule has 0 aromatic heterocycles. The van der Waals surface area contributed by atoms with Gasteiger partial charge in [-0.1, -0.05) is 83.4 Å². The molecule has 1 nitrogen and oxygen atoms in total. The average Bonchev–Trinajstić information content (AvgIpc) is 2.81. The number of rotatable bonds is 15. The van der Waals surface area contributed by atoms with E-state index >= 15 is 0 Å². The van der Waals surface area contributed by atoms with Gasteiger partial charge >= 0.3 is 0 Å². The lowest BCUT2D eigenvalue weighted by molar-refractivity contribution is 0.241. The Balaban J connectivity index is 5.26. The summed E-state index contributed by atoms with van der Waals surface area (Å²) in [5.41, 5.74) is 1.36. The Labute approximate surface area is 196 Å². The molecule has 0 saturated carbocycles. The molecule has 0 amide bonds. The Morgan fingerprint density at radius 3 is 1.97 bits per heavy atom. The first-order valence-electron chi connectivity index (χ1n) is 10.2. The molecule has 0 saturated heterocycles. The standard InChI is InChI=1S/C29H33F3O/c1-11-17-33-26(10)29(32)28(31)25(9)22(6)16-15-20(4)23(7)18-27(30)24(8)21(5)14-13-19(3)12-2/h11-12,14-16,18-19H,1-2,4,6-10,13,17H2,3,5H3/b16-15-,21-14+,27-18+,29-28-. The highest BCUT2D eigenvalue weighted by Crippen LogP contribution is 2.28. The third-order valence-corrected chi connectivity index (χ3v) is 4.63. The molecule has 0 bridgehead atoms. The lowest BCUT2D eigenvalue weighted by Crippen LogP contribution is -1.96. The highest BCUT2D eigenvalue weighted by molar-refractivity contribution is 5.53. The van der Waals surface area contributed by atoms with Crippen LogP contribution in [0, 0.1) is 5.92 Å². The molecule has 0 N–H and O–H groups in total. The summed E-state index contributed by atoms with van der Waals surface area (Å²) in [6.45, 7) is 32.8. The van der Waals surface area contributed by atoms with Crippen molar-refractivity contribution in [3.63, 3.8) is 0 Å². The second-order valence-electron chi connectivity index (χ2n) is 7.35. The summed E-state index contributed by atoms with van der Waals surface area (Å²) in [6, 6.07) is 0. The fourth-order valence-electron chi connectivity index (χ4n) is 2.13. The van der Waals surface area contributed by atoms with E-state index in [4.69, 9.17) is 4.74 Å². The minimum atomic E-state index is -1.28. The smallest absolute Gasteiger partial charge is 0.200 e. The van der Waals surface area contributed by atoms with Crippen molar-refractivity contribution in [2.75, 3.05) is 6.61 Å². The Morgan fingerprint density at radius 1 is 0.848 bits per heavy atom. The van der Waals surface area contributed by atoms with Crippen LogP contribution in [0.3, 0.4) is 0 Å². The number of hydrogen-bond acceptors (Lipinski definition) is 1. The van der Waals surface area contributed by atoms with Gasteiger partial charge in [0.05, 0.1) is 0 Å². The Morgan fingerprint density at radius 2 is 1.42 bits per heavy atom. The van der Waals surface area contributed by atoms with E-state index in [1.165, 1.54) is 24.3 Å². The third kappa shape index (κ3) is 10.1. The quantitative estimate of drug-likeness (QED) is 0.136. The van der Waals surface area contributed by atoms with Crippen molar-refractivity contribution in [3.8, 4) is 0 Å². The van der Waals surface area contributed by atoms with Crippen molar-refractivity contribution in [1.82, 2.24) is 0 Å². The maximum absolute atomic E-state index is 14.6. The fraction of sp³-hybridized carbons (Fsp3) is 0.172. The van der Waals surface area contributed by atoms with Gasteiger partial charge in [0, 0.05) is 11.1 Å². The van der Waals surface area contributed by atoms with Crippen LogP contribution < -0.4 is 0 Å². The average molecular weight is 455 g/mol. The van der Waals surface area contributed by atoms with Crippen LogP contribution in [0.2, 0.25) is 0 Å². The van der Waals surface area contributed by atoms with Gasteiger partial charge in [0.1, 0.15) is 12.4 Å². The molecule has 0 aliphatic carbocycles. The Hall–Kier alpha value is -3.53. The summed E-state index contributed by atoms with van der Waals surface area (Å²) >= 11 is 0. The second-order valence-corrected chi connectivity index (χ2v) is 7.35. The van der Waals surface area contributed by atoms with Crippen LogP contribution in [0.1, 0.15) is 20.3 Å². The van der Waals surface area contributed by atoms with Crippen molar-refractivity contribution in [1.29, 1.82) is 0 Å². The minimum absolute atomic E-state index is 0.0193. The zero-order valence-electron chi connectivity index (χ0n) is 19.7. The van der Waals surface area contributed by atoms with Crippen LogP contribution in [0.25, 0.3) is 0 Å². The van der Waals surface area contributed by atoms with Gasteiger partial charge in [-0.3, -0.25) is 0 Å². The van der Waals surface area contributed by atoms with Gasteiger partial charge in [-0.25, -0.2) is 8.78 Å². The highest BCUT2D eigenvalue weighted by atomic mass is 19.2. The summed E-state index contributed by atoms with van der Waals surface area (Å²) in [4.78, 5) is 0. The van der Waals surface area contributed by atoms with E-state index < -0.39 is 23.2 Å². The van der Waals surface area contributed by atoms with E-state index in [1.54, 1.807) is 6.92 Å². The first-order chi connectivity index (χ1) is 15.4. The Kier molecular flexibility index (Phi) is 13.0. The second kappa shape index (κ2) is 14.5. The Bertz CT molecular complexity index is 980. The van der Waals surface area contributed by atoms with E-state index in [9.17, 15) is 13.2 Å². The van der Waals surface area contributed by atoms with Gasteiger partial charge in [-0.2, -0.15) is 4.39 Å². The lowest BCUT2D eigenvalue weighted by Gasteiger charge is -2.09. The number of ether oxygens (including phenoxy) is 1. The monoisotopic (exact) mass is 454 g/mol. The lowest BCUT2D eigenvalue weighted by atomic mass is 10.00. The van der Waals surface area contributed by atoms with Gasteiger partial charge < -0.3 is 4.74 Å². The highest BCUT2D eigenvalue weighted by Gasteiger charge is 2.15. The maximum Gasteiger partial charge on any atom is 0.200 e. The third-order valence-electron chi connectivity index (χ3n) is 4.63. The summed E-state index contributed by atoms with van der Waals surface area (Å²) in [7, 11) is 0. The van der Waals surface area contributed by atoms with Gasteiger partial charge in [0.25, 0.3) is 0 Å². The molecule has 33 heavy (non-hydrogen) atoms. The number of halogens is 3. The summed E-state index contributed by atoms with van der Waals surface area (Å²) in [5.74, 6) is -3.29. The molecule has 0 spiro atoms. The molecule has 0 rings (SSSR count). The van der Waals surface area contributed by atoms with Gasteiger partial charge in [0.15, 0.2) is 11.6 Å². The molecular formula is C29H33F3O. The molecule has 0 aliphatic heterocycles. The molecule has 0 fully saturated rings. The van der Waals surface area contributed by atoms with Gasteiger partial charge in [0.2, 0.25) is 5.83 Å². The van der Waals surface area contributed by atoms with Gasteiger partial charge in [-0.15, -0.1) is 6.58 Å². The SMILES string of the molecule is C=CCOC(=C)/C(F)=C(/F)C(=C)C(=C)/C=C\C(=C)C(=C)/C=C(/F)C(=C)/C(C)=C/CC(C)C=C. The zero-order valence-corrected chi connectivity index (χ0v) is 19.7. The van der Waals surface area contributed by atoms with Crippen LogP contribution in [-0.2, 0) is 4.74 Å². The zero-order chi connectivity index (χ0) is 25.7. The van der Waals surface area contributed by atoms with E-state index in [2.05, 4.69) is 52.6 Å². The molecule has 0 aromatic rings. The summed E-state index contributed by atoms with van der Waals surface area (Å²) in [5, 5.41) is 0. The van der Waals surface area contributed by atoms with Crippen LogP contribution in [0.5, 0.6) is 0 Å². The van der Waals surface area contributed by atoms with E-state index in [0.29, 0.717) is 11.1 Å². The predicted molar refractivity (Wildman–Crippen MR) is 136 cm³/mol. The molecule has 1 atom stereocenters. The van der Waals surface area contributed by atoms with Crippen LogP contribution in [0.15, 0.2) is 146 Å². The van der Waals surface area contributed by atoms with E-state index in [1.807, 2.05) is 19.1 Å². The predicted octanol–water partition coefficient (Wildman–Crippen LogP) is 9.20. The van der Waals surface area contributed by atoms with Crippen molar-refractivity contribution in [2.24, 2.45) is 5.92 Å². The van der Waals surface area contributed by atoms with Crippen LogP contribution in [-0.4, -0.2) is 6.61 Å². The van der Waals surface area contributed by atoms with E-state index in [-0.39, 0.29) is 34.8 Å². The summed E-state index contributed by atoms with van der Waals surface area (Å²) in [6.07, 6.45) is 9.85. The number of hydrogen-bond donors (Lipinski definition) is 0. The molecular weight excluding hydrogens is 421 g/mol. The maximum atomic E-state index is 14.6. The first-order valence-corrected chi connectivity index (χ1v) is 10.2. The molecule has 0 radical (unpaired) electrons. The molecule has 0 aromatic carbocycles. The van der Waals surface area contributed by atoms with Crippen molar-refractivity contribution in [3.05, 3.63) is 146 Å². The molecule has 0 aliphatic rings. The van der Waals surface area contributed by atoms with Crippen LogP contribution in [0.4, 0.5) is 13.2 Å². The topological polar surface area (TPSA) is 9.23 Å². The van der Waals surface area contributed by atoms with E-state index in [0.717, 1.165) is 6.42 Å². The molecule has 0 heterocycles. The van der Waals surface area contributed by atoms with Gasteiger partial charge in [-0.05, 0) is 47.6 Å². The molecule has 176 valence electrons. The minimum Gasteiger partial charge on any atom is -0.487 e. The number of allylic oxidation sites excluding steroid dienone is 14. The molecule has 1 unspecified atom stereocenters. The van der Waals surface area contributed by atoms with Crippen molar-refractivity contribution in [2.45, 2.75) is 20.3 Å². The summed E-state index contributed by atoms with van der Waals surface area (Å²) < 4.78 is 47.8. The normalized spacial score (nSPS) is 13.6. The fourth-order valence-corrected chi connectivity index (χ4v) is 2.13. The first kappa shape index (κ1) is 29.5. The largest absolute Gasteiger partial charge is 0.487 e. The van der Waals surface area contributed by atoms with Crippen molar-refractivity contribution >= 4 is 0 Å². The van der Waals surface area contributed by atoms with Crippen molar-refractivity contribution < 1.29 is 17.9 Å². The van der Waals surface area contributed by atoms with Crippen LogP contribution >= 0.6 is 0 Å². The molecule has 4 heteroatoms.